The summed E-state index contributed by atoms with van der Waals surface area (Å²) in [5, 5.41) is 0. The second-order valence-corrected chi connectivity index (χ2v) is 3.90. The van der Waals surface area contributed by atoms with Crippen molar-refractivity contribution in [3.63, 3.8) is 0 Å². The summed E-state index contributed by atoms with van der Waals surface area (Å²) in [6.07, 6.45) is 1.38. The molecule has 0 aliphatic heterocycles. The molecule has 0 radical (unpaired) electrons. The molecule has 0 nitrogen and oxygen atoms in total. The zero-order valence-corrected chi connectivity index (χ0v) is 9.34. The summed E-state index contributed by atoms with van der Waals surface area (Å²) in [7, 11) is 0. The molecule has 0 heterocycles. The Morgan fingerprint density at radius 1 is 1.31 bits per heavy atom. The average Bonchev–Trinajstić information content (AvgIpc) is 2.13. The molecule has 0 aliphatic rings. The molecule has 0 amide bonds. The second-order valence-electron chi connectivity index (χ2n) is 2.66. The molecule has 1 rings (SSSR count). The normalized spacial score (nSPS) is 10.5. The Bertz CT molecular complexity index is 302. The maximum atomic E-state index is 13.3. The van der Waals surface area contributed by atoms with Gasteiger partial charge in [-0.3, -0.25) is 0 Å². The Morgan fingerprint density at radius 3 is 2.62 bits per heavy atom. The van der Waals surface area contributed by atoms with Gasteiger partial charge in [-0.05, 0) is 46.2 Å². The van der Waals surface area contributed by atoms with Crippen LogP contribution in [0.3, 0.4) is 0 Å². The van der Waals surface area contributed by atoms with Gasteiger partial charge < -0.3 is 0 Å². The lowest BCUT2D eigenvalue weighted by atomic mass is 10.1. The van der Waals surface area contributed by atoms with E-state index in [0.29, 0.717) is 17.7 Å². The highest BCUT2D eigenvalue weighted by molar-refractivity contribution is 9.10. The monoisotopic (exact) mass is 266 g/mol. The fraction of sp³-hybridized carbons (Fsp3) is 0.333. The van der Waals surface area contributed by atoms with Crippen LogP contribution < -0.4 is 0 Å². The summed E-state index contributed by atoms with van der Waals surface area (Å²) in [6, 6.07) is 2.74. The number of hydrogen-bond acceptors (Lipinski definition) is 1. The van der Waals surface area contributed by atoms with Crippen LogP contribution in [-0.4, -0.2) is 5.75 Å². The van der Waals surface area contributed by atoms with Gasteiger partial charge in [-0.1, -0.05) is 6.07 Å². The van der Waals surface area contributed by atoms with E-state index in [9.17, 15) is 8.78 Å². The number of thiol groups is 1. The summed E-state index contributed by atoms with van der Waals surface area (Å²) in [5.74, 6) is -0.358. The number of rotatable bonds is 3. The van der Waals surface area contributed by atoms with Crippen molar-refractivity contribution in [1.82, 2.24) is 0 Å². The molecular weight excluding hydrogens is 258 g/mol. The third-order valence-corrected chi connectivity index (χ3v) is 2.76. The highest BCUT2D eigenvalue weighted by Crippen LogP contribution is 2.23. The largest absolute Gasteiger partial charge is 0.206 e. The molecule has 13 heavy (non-hydrogen) atoms. The van der Waals surface area contributed by atoms with E-state index in [2.05, 4.69) is 28.6 Å². The second kappa shape index (κ2) is 4.96. The van der Waals surface area contributed by atoms with Gasteiger partial charge in [0.25, 0.3) is 0 Å². The molecule has 1 aromatic carbocycles. The van der Waals surface area contributed by atoms with E-state index in [1.165, 1.54) is 12.1 Å². The Labute approximate surface area is 89.9 Å². The number of aryl methyl sites for hydroxylation is 1. The van der Waals surface area contributed by atoms with Crippen LogP contribution in [-0.2, 0) is 6.42 Å². The smallest absolute Gasteiger partial charge is 0.143 e. The minimum atomic E-state index is -0.563. The molecule has 0 atom stereocenters. The van der Waals surface area contributed by atoms with Crippen molar-refractivity contribution in [2.24, 2.45) is 0 Å². The van der Waals surface area contributed by atoms with Crippen molar-refractivity contribution in [2.75, 3.05) is 5.75 Å². The molecule has 0 saturated carbocycles. The molecule has 0 aromatic heterocycles. The summed E-state index contributed by atoms with van der Waals surface area (Å²) < 4.78 is 26.0. The first-order valence-corrected chi connectivity index (χ1v) is 5.32. The van der Waals surface area contributed by atoms with Gasteiger partial charge in [0, 0.05) is 0 Å². The van der Waals surface area contributed by atoms with E-state index in [4.69, 9.17) is 0 Å². The Morgan fingerprint density at radius 2 is 2.00 bits per heavy atom. The molecule has 72 valence electrons. The minimum Gasteiger partial charge on any atom is -0.206 e. The maximum Gasteiger partial charge on any atom is 0.143 e. The van der Waals surface area contributed by atoms with Crippen molar-refractivity contribution in [3.05, 3.63) is 33.8 Å². The summed E-state index contributed by atoms with van der Waals surface area (Å²) in [6.45, 7) is 0. The van der Waals surface area contributed by atoms with Gasteiger partial charge in [0.2, 0.25) is 0 Å². The summed E-state index contributed by atoms with van der Waals surface area (Å²) >= 11 is 6.88. The molecular formula is C9H9BrF2S. The van der Waals surface area contributed by atoms with Crippen LogP contribution in [0.25, 0.3) is 0 Å². The Hall–Kier alpha value is -0.0900. The Balaban J connectivity index is 2.90. The lowest BCUT2D eigenvalue weighted by molar-refractivity contribution is 0.560. The lowest BCUT2D eigenvalue weighted by Gasteiger charge is -2.03. The van der Waals surface area contributed by atoms with E-state index < -0.39 is 11.6 Å². The molecule has 0 aliphatic carbocycles. The van der Waals surface area contributed by atoms with E-state index in [1.807, 2.05) is 0 Å². The number of halogens is 3. The van der Waals surface area contributed by atoms with E-state index in [1.54, 1.807) is 0 Å². The topological polar surface area (TPSA) is 0 Å². The van der Waals surface area contributed by atoms with Crippen molar-refractivity contribution in [2.45, 2.75) is 12.8 Å². The third-order valence-electron chi connectivity index (χ3n) is 1.72. The summed E-state index contributed by atoms with van der Waals surface area (Å²) in [4.78, 5) is 0. The first-order valence-electron chi connectivity index (χ1n) is 3.90. The minimum absolute atomic E-state index is 0.0795. The SMILES string of the molecule is Fc1ccc(CCCS)c(F)c1Br. The average molecular weight is 267 g/mol. The predicted molar refractivity (Wildman–Crippen MR) is 56.2 cm³/mol. The van der Waals surface area contributed by atoms with Crippen LogP contribution in [0.5, 0.6) is 0 Å². The van der Waals surface area contributed by atoms with E-state index in [0.717, 1.165) is 6.42 Å². The van der Waals surface area contributed by atoms with Crippen LogP contribution in [0.2, 0.25) is 0 Å². The van der Waals surface area contributed by atoms with Crippen LogP contribution in [0.4, 0.5) is 8.78 Å². The predicted octanol–water partition coefficient (Wildman–Crippen LogP) is 3.59. The molecule has 0 spiro atoms. The van der Waals surface area contributed by atoms with Gasteiger partial charge >= 0.3 is 0 Å². The molecule has 4 heteroatoms. The Kier molecular flexibility index (Phi) is 4.19. The summed E-state index contributed by atoms with van der Waals surface area (Å²) in [5.41, 5.74) is 0.530. The first-order chi connectivity index (χ1) is 6.16. The van der Waals surface area contributed by atoms with Gasteiger partial charge in [0.15, 0.2) is 0 Å². The fourth-order valence-corrected chi connectivity index (χ4v) is 1.57. The van der Waals surface area contributed by atoms with Crippen molar-refractivity contribution in [1.29, 1.82) is 0 Å². The quantitative estimate of drug-likeness (QED) is 0.628. The fourth-order valence-electron chi connectivity index (χ4n) is 1.03. The molecule has 0 unspecified atom stereocenters. The molecule has 0 N–H and O–H groups in total. The highest BCUT2D eigenvalue weighted by Gasteiger charge is 2.09. The number of hydrogen-bond donors (Lipinski definition) is 1. The van der Waals surface area contributed by atoms with Crippen molar-refractivity contribution < 1.29 is 8.78 Å². The van der Waals surface area contributed by atoms with Gasteiger partial charge in [-0.15, -0.1) is 0 Å². The van der Waals surface area contributed by atoms with Crippen molar-refractivity contribution >= 4 is 28.6 Å². The molecule has 0 saturated heterocycles. The van der Waals surface area contributed by atoms with Crippen LogP contribution in [0.1, 0.15) is 12.0 Å². The van der Waals surface area contributed by atoms with Crippen LogP contribution in [0.15, 0.2) is 16.6 Å². The molecule has 0 bridgehead atoms. The third kappa shape index (κ3) is 2.68. The van der Waals surface area contributed by atoms with Gasteiger partial charge in [0.05, 0.1) is 4.47 Å². The molecule has 1 aromatic rings. The maximum absolute atomic E-state index is 13.3. The zero-order valence-electron chi connectivity index (χ0n) is 6.86. The number of benzene rings is 1. The van der Waals surface area contributed by atoms with Crippen LogP contribution in [0, 0.1) is 11.6 Å². The van der Waals surface area contributed by atoms with Gasteiger partial charge in [0.1, 0.15) is 11.6 Å². The van der Waals surface area contributed by atoms with Gasteiger partial charge in [-0.2, -0.15) is 12.6 Å². The van der Waals surface area contributed by atoms with Crippen molar-refractivity contribution in [3.8, 4) is 0 Å². The highest BCUT2D eigenvalue weighted by atomic mass is 79.9. The zero-order chi connectivity index (χ0) is 9.84. The van der Waals surface area contributed by atoms with E-state index >= 15 is 0 Å². The van der Waals surface area contributed by atoms with Gasteiger partial charge in [-0.25, -0.2) is 8.78 Å². The molecule has 0 fully saturated rings. The lowest BCUT2D eigenvalue weighted by Crippen LogP contribution is -1.94. The standard InChI is InChI=1S/C9H9BrF2S/c10-8-7(11)4-3-6(9(8)12)2-1-5-13/h3-4,13H,1-2,5H2. The van der Waals surface area contributed by atoms with Crippen LogP contribution >= 0.6 is 28.6 Å². The van der Waals surface area contributed by atoms with E-state index in [-0.39, 0.29) is 4.47 Å². The first kappa shape index (κ1) is 11.0.